The van der Waals surface area contributed by atoms with Gasteiger partial charge in [-0.3, -0.25) is 37.3 Å². The van der Waals surface area contributed by atoms with Crippen LogP contribution in [-0.4, -0.2) is 96.7 Å². The maximum Gasteiger partial charge on any atom is 0.472 e. The molecule has 0 saturated heterocycles. The summed E-state index contributed by atoms with van der Waals surface area (Å²) in [4.78, 5) is 72.9. The average molecular weight is 1440 g/mol. The van der Waals surface area contributed by atoms with Crippen molar-refractivity contribution in [3.8, 4) is 0 Å². The van der Waals surface area contributed by atoms with Gasteiger partial charge in [-0.1, -0.05) is 260 Å². The molecule has 0 rings (SSSR count). The molecule has 0 aromatic rings. The number of carbonyl (C=O) groups excluding carboxylic acids is 4. The molecule has 0 bridgehead atoms. The van der Waals surface area contributed by atoms with Crippen LogP contribution in [0.1, 0.15) is 342 Å². The summed E-state index contributed by atoms with van der Waals surface area (Å²) in [5.74, 6) is -2.21. The van der Waals surface area contributed by atoms with Crippen LogP contribution in [-0.2, 0) is 65.4 Å². The van der Waals surface area contributed by atoms with Gasteiger partial charge in [0.1, 0.15) is 19.3 Å². The zero-order valence-corrected chi connectivity index (χ0v) is 64.4. The number of aliphatic hydroxyl groups is 1. The first kappa shape index (κ1) is 95.2. The Morgan fingerprint density at radius 1 is 0.283 bits per heavy atom. The van der Waals surface area contributed by atoms with E-state index in [1.54, 1.807) is 0 Å². The summed E-state index contributed by atoms with van der Waals surface area (Å²) in [5.41, 5.74) is 0. The van der Waals surface area contributed by atoms with Gasteiger partial charge in [0.05, 0.1) is 26.4 Å². The first-order valence-corrected chi connectivity index (χ1v) is 42.3. The minimum absolute atomic E-state index is 0.0765. The highest BCUT2D eigenvalue weighted by Crippen LogP contribution is 2.45. The number of phosphoric acid groups is 2. The van der Waals surface area contributed by atoms with Crippen molar-refractivity contribution >= 4 is 39.5 Å². The van der Waals surface area contributed by atoms with E-state index in [2.05, 4.69) is 113 Å². The van der Waals surface area contributed by atoms with E-state index >= 15 is 0 Å². The fourth-order valence-corrected chi connectivity index (χ4v) is 12.0. The van der Waals surface area contributed by atoms with Gasteiger partial charge in [-0.15, -0.1) is 0 Å². The third-order valence-electron chi connectivity index (χ3n) is 16.6. The molecule has 0 aliphatic heterocycles. The number of hydrogen-bond donors (Lipinski definition) is 3. The van der Waals surface area contributed by atoms with Crippen molar-refractivity contribution in [1.82, 2.24) is 0 Å². The molecule has 3 N–H and O–H groups in total. The molecule has 0 aliphatic rings. The number of esters is 4. The van der Waals surface area contributed by atoms with Crippen molar-refractivity contribution in [2.45, 2.75) is 361 Å². The summed E-state index contributed by atoms with van der Waals surface area (Å²) in [6.07, 6.45) is 74.1. The van der Waals surface area contributed by atoms with Gasteiger partial charge in [0.25, 0.3) is 0 Å². The second-order valence-electron chi connectivity index (χ2n) is 26.3. The first-order chi connectivity index (χ1) is 48.2. The number of carbonyl (C=O) groups is 4. The maximum atomic E-state index is 13.1. The summed E-state index contributed by atoms with van der Waals surface area (Å²) in [6, 6.07) is 0. The third-order valence-corrected chi connectivity index (χ3v) is 18.5. The molecule has 5 atom stereocenters. The molecule has 0 aromatic heterocycles. The monoisotopic (exact) mass is 1440 g/mol. The second kappa shape index (κ2) is 72.6. The molecule has 0 heterocycles. The van der Waals surface area contributed by atoms with Crippen molar-refractivity contribution in [3.05, 3.63) is 85.1 Å². The van der Waals surface area contributed by atoms with E-state index < -0.39 is 97.5 Å². The van der Waals surface area contributed by atoms with Crippen LogP contribution in [0.2, 0.25) is 0 Å². The Balaban J connectivity index is 5.38. The number of aliphatic hydroxyl groups excluding tert-OH is 1. The highest BCUT2D eigenvalue weighted by atomic mass is 31.2. The van der Waals surface area contributed by atoms with Crippen molar-refractivity contribution in [2.24, 2.45) is 0 Å². The lowest BCUT2D eigenvalue weighted by molar-refractivity contribution is -0.161. The third kappa shape index (κ3) is 72.4. The first-order valence-electron chi connectivity index (χ1n) is 39.3. The molecule has 2 unspecified atom stereocenters. The van der Waals surface area contributed by atoms with Crippen LogP contribution >= 0.6 is 15.6 Å². The molecule has 19 heteroatoms. The molecule has 0 radical (unpaired) electrons. The van der Waals surface area contributed by atoms with Crippen LogP contribution in [0.15, 0.2) is 85.1 Å². The predicted octanol–water partition coefficient (Wildman–Crippen LogP) is 22.6. The van der Waals surface area contributed by atoms with Crippen LogP contribution in [0.3, 0.4) is 0 Å². The number of unbranched alkanes of at least 4 members (excludes halogenated alkanes) is 34. The number of hydrogen-bond acceptors (Lipinski definition) is 15. The van der Waals surface area contributed by atoms with E-state index in [9.17, 15) is 43.2 Å². The van der Waals surface area contributed by atoms with E-state index in [1.165, 1.54) is 89.9 Å². The van der Waals surface area contributed by atoms with Crippen LogP contribution in [0, 0.1) is 0 Å². The van der Waals surface area contributed by atoms with Gasteiger partial charge in [-0.2, -0.15) is 0 Å². The number of allylic oxidation sites excluding steroid dienone is 14. The van der Waals surface area contributed by atoms with Gasteiger partial charge in [-0.05, 0) is 141 Å². The molecule has 574 valence electrons. The number of phosphoric ester groups is 2. The normalized spacial score (nSPS) is 14.4. The molecule has 0 aromatic carbocycles. The molecule has 0 fully saturated rings. The SMILES string of the molecule is CCCC/C=C/C/C=C\CCCCCCCC(=O)O[C@H](COC(=O)CCCCCCC/C=C/C/C=C/CCCCC)COP(=O)(O)OC[C@H](O)COP(=O)(O)OC[C@@H](COC(=O)CCCCCCC/C=C/CCCCCCCC)OC(=O)CCCCCCC/C=C/C/C=C/CCCCC. The van der Waals surface area contributed by atoms with Gasteiger partial charge in [-0.25, -0.2) is 9.13 Å². The van der Waals surface area contributed by atoms with Gasteiger partial charge in [0.2, 0.25) is 0 Å². The Morgan fingerprint density at radius 2 is 0.505 bits per heavy atom. The van der Waals surface area contributed by atoms with Gasteiger partial charge in [0, 0.05) is 25.7 Å². The smallest absolute Gasteiger partial charge is 0.462 e. The van der Waals surface area contributed by atoms with Crippen LogP contribution in [0.4, 0.5) is 0 Å². The number of ether oxygens (including phenoxy) is 4. The highest BCUT2D eigenvalue weighted by Gasteiger charge is 2.30. The van der Waals surface area contributed by atoms with Crippen molar-refractivity contribution in [1.29, 1.82) is 0 Å². The Kier molecular flexibility index (Phi) is 69.8. The lowest BCUT2D eigenvalue weighted by atomic mass is 10.1. The summed E-state index contributed by atoms with van der Waals surface area (Å²) in [5, 5.41) is 10.6. The minimum atomic E-state index is -4.98. The average Bonchev–Trinajstić information content (AvgIpc) is 0.981. The van der Waals surface area contributed by atoms with E-state index in [4.69, 9.17) is 37.0 Å². The summed E-state index contributed by atoms with van der Waals surface area (Å²) in [6.45, 7) is 4.76. The van der Waals surface area contributed by atoms with Crippen molar-refractivity contribution in [3.63, 3.8) is 0 Å². The maximum absolute atomic E-state index is 13.1. The van der Waals surface area contributed by atoms with Gasteiger partial charge >= 0.3 is 39.5 Å². The Bertz CT molecular complexity index is 2210. The Labute approximate surface area is 602 Å². The molecule has 0 saturated carbocycles. The standard InChI is InChI=1S/C80H142O17P2/c1-5-9-13-17-21-25-29-33-37-41-44-48-52-56-60-64-77(82)90-70-75(96-79(84)66-62-58-54-50-46-40-36-32-28-24-20-16-12-8-4)72-94-98(86,87)92-68-74(81)69-93-99(88,89)95-73-76(97-80(85)67-63-59-55-51-47-43-39-35-31-27-23-19-15-11-7-3)71-91-78(83)65-61-57-53-49-45-42-38-34-30-26-22-18-14-10-6-2/h20-21,23-25,27,32-39,74-76,81H,5-19,22,26,28-31,40-73H2,1-4H3,(H,86,87)(H,88,89)/b24-20+,25-21+,27-23+,36-32-,37-33+,38-34+,39-35+/t74-,75+,76+/m0/s1. The van der Waals surface area contributed by atoms with E-state index in [-0.39, 0.29) is 25.7 Å². The molecule has 0 amide bonds. The van der Waals surface area contributed by atoms with Crippen molar-refractivity contribution in [2.75, 3.05) is 39.6 Å². The van der Waals surface area contributed by atoms with Gasteiger partial charge < -0.3 is 33.8 Å². The minimum Gasteiger partial charge on any atom is -0.462 e. The topological polar surface area (TPSA) is 237 Å². The number of rotatable bonds is 74. The second-order valence-corrected chi connectivity index (χ2v) is 29.2. The molecule has 0 aliphatic carbocycles. The van der Waals surface area contributed by atoms with E-state index in [0.717, 1.165) is 173 Å². The summed E-state index contributed by atoms with van der Waals surface area (Å²) >= 11 is 0. The Hall–Kier alpha value is -3.76. The van der Waals surface area contributed by atoms with E-state index in [0.29, 0.717) is 25.7 Å². The highest BCUT2D eigenvalue weighted by molar-refractivity contribution is 7.47. The van der Waals surface area contributed by atoms with Gasteiger partial charge in [0.15, 0.2) is 12.2 Å². The molecular weight excluding hydrogens is 1290 g/mol. The van der Waals surface area contributed by atoms with Crippen molar-refractivity contribution < 1.29 is 80.2 Å². The zero-order chi connectivity index (χ0) is 72.5. The summed E-state index contributed by atoms with van der Waals surface area (Å²) in [7, 11) is -9.96. The molecule has 17 nitrogen and oxygen atoms in total. The Morgan fingerprint density at radius 3 is 0.808 bits per heavy atom. The van der Waals surface area contributed by atoms with Crippen LogP contribution in [0.5, 0.6) is 0 Å². The fraction of sp³-hybridized carbons (Fsp3) is 0.775. The van der Waals surface area contributed by atoms with Crippen LogP contribution < -0.4 is 0 Å². The largest absolute Gasteiger partial charge is 0.472 e. The lowest BCUT2D eigenvalue weighted by Crippen LogP contribution is -2.30. The fourth-order valence-electron chi connectivity index (χ4n) is 10.5. The van der Waals surface area contributed by atoms with E-state index in [1.807, 2.05) is 0 Å². The lowest BCUT2D eigenvalue weighted by Gasteiger charge is -2.21. The summed E-state index contributed by atoms with van der Waals surface area (Å²) < 4.78 is 68.5. The van der Waals surface area contributed by atoms with Crippen LogP contribution in [0.25, 0.3) is 0 Å². The molecule has 99 heavy (non-hydrogen) atoms. The predicted molar refractivity (Wildman–Crippen MR) is 404 cm³/mol. The zero-order valence-electron chi connectivity index (χ0n) is 62.7. The quantitative estimate of drug-likeness (QED) is 0.0169. The molecular formula is C80H142O17P2. The molecule has 0 spiro atoms.